The molecule has 0 aromatic carbocycles. The third-order valence-corrected chi connectivity index (χ3v) is 0.167. The van der Waals surface area contributed by atoms with E-state index in [1.54, 1.807) is 0 Å². The van der Waals surface area contributed by atoms with Crippen LogP contribution in [0.4, 0.5) is 0 Å². The van der Waals surface area contributed by atoms with E-state index in [1.165, 1.54) is 0 Å². The van der Waals surface area contributed by atoms with Crippen molar-refractivity contribution in [2.75, 3.05) is 0 Å². The summed E-state index contributed by atoms with van der Waals surface area (Å²) >= 11 is 0. The number of hydrogen-bond acceptors (Lipinski definition) is 2. The molecular formula is C3H3MgO2. The van der Waals surface area contributed by atoms with Crippen molar-refractivity contribution >= 4 is 29.0 Å². The van der Waals surface area contributed by atoms with Crippen LogP contribution in [-0.4, -0.2) is 29.0 Å². The SMILES string of the molecule is C=CC(=O)[O-].[Mg+]. The second-order valence-corrected chi connectivity index (χ2v) is 0.523. The Kier molecular flexibility index (Phi) is 7.76. The summed E-state index contributed by atoms with van der Waals surface area (Å²) in [5, 5.41) is 9.14. The summed E-state index contributed by atoms with van der Waals surface area (Å²) in [5.41, 5.74) is 0. The average Bonchev–Trinajstić information content (AvgIpc) is 1.38. The molecule has 0 rings (SSSR count). The van der Waals surface area contributed by atoms with E-state index in [0.29, 0.717) is 0 Å². The second-order valence-electron chi connectivity index (χ2n) is 0.523. The van der Waals surface area contributed by atoms with Crippen LogP contribution in [0.15, 0.2) is 12.7 Å². The zero-order valence-electron chi connectivity index (χ0n) is 3.31. The first-order chi connectivity index (χ1) is 2.27. The summed E-state index contributed by atoms with van der Waals surface area (Å²) in [4.78, 5) is 9.14. The average molecular weight is 95.4 g/mol. The van der Waals surface area contributed by atoms with E-state index in [4.69, 9.17) is 9.90 Å². The molecule has 0 saturated heterocycles. The van der Waals surface area contributed by atoms with Gasteiger partial charge in [0.15, 0.2) is 0 Å². The van der Waals surface area contributed by atoms with Gasteiger partial charge in [0.25, 0.3) is 0 Å². The Morgan fingerprint density at radius 3 is 2.00 bits per heavy atom. The molecule has 2 nitrogen and oxygen atoms in total. The van der Waals surface area contributed by atoms with Crippen LogP contribution in [0.1, 0.15) is 0 Å². The third kappa shape index (κ3) is 9.02. The third-order valence-electron chi connectivity index (χ3n) is 0.167. The predicted molar refractivity (Wildman–Crippen MR) is 21.0 cm³/mol. The van der Waals surface area contributed by atoms with Crippen LogP contribution < -0.4 is 5.11 Å². The fourth-order valence-corrected chi connectivity index (χ4v) is 0. The first-order valence-electron chi connectivity index (χ1n) is 1.11. The van der Waals surface area contributed by atoms with Crippen LogP contribution in [0.5, 0.6) is 0 Å². The van der Waals surface area contributed by atoms with Crippen molar-refractivity contribution in [3.05, 3.63) is 12.7 Å². The Labute approximate surface area is 52.0 Å². The molecule has 0 N–H and O–H groups in total. The van der Waals surface area contributed by atoms with Crippen molar-refractivity contribution in [1.82, 2.24) is 0 Å². The Bertz CT molecular complexity index is 59.8. The maximum Gasteiger partial charge on any atom is 1.00 e. The van der Waals surface area contributed by atoms with E-state index < -0.39 is 5.97 Å². The van der Waals surface area contributed by atoms with Gasteiger partial charge in [-0.05, 0) is 6.08 Å². The van der Waals surface area contributed by atoms with E-state index >= 15 is 0 Å². The van der Waals surface area contributed by atoms with Crippen LogP contribution in [-0.2, 0) is 4.79 Å². The Hall–Kier alpha value is -0.0238. The number of carboxylic acids is 1. The van der Waals surface area contributed by atoms with Gasteiger partial charge in [-0.15, -0.1) is 0 Å². The predicted octanol–water partition coefficient (Wildman–Crippen LogP) is -1.46. The van der Waals surface area contributed by atoms with Crippen molar-refractivity contribution in [2.24, 2.45) is 0 Å². The first kappa shape index (κ1) is 9.36. The maximum absolute atomic E-state index is 9.14. The summed E-state index contributed by atoms with van der Waals surface area (Å²) < 4.78 is 0. The monoisotopic (exact) mass is 95.0 g/mol. The van der Waals surface area contributed by atoms with Gasteiger partial charge in [0, 0.05) is 0 Å². The Morgan fingerprint density at radius 1 is 1.83 bits per heavy atom. The van der Waals surface area contributed by atoms with Crippen molar-refractivity contribution in [1.29, 1.82) is 0 Å². The molecule has 29 valence electrons. The number of rotatable bonds is 1. The number of carboxylic acid groups (broad SMARTS) is 1. The molecule has 0 saturated carbocycles. The molecule has 0 amide bonds. The van der Waals surface area contributed by atoms with Crippen molar-refractivity contribution in [2.45, 2.75) is 0 Å². The van der Waals surface area contributed by atoms with E-state index in [-0.39, 0.29) is 23.1 Å². The smallest absolute Gasteiger partial charge is 0.545 e. The second kappa shape index (κ2) is 4.98. The van der Waals surface area contributed by atoms with E-state index in [9.17, 15) is 0 Å². The van der Waals surface area contributed by atoms with Crippen molar-refractivity contribution in [3.8, 4) is 0 Å². The first-order valence-corrected chi connectivity index (χ1v) is 1.11. The minimum atomic E-state index is -1.23. The van der Waals surface area contributed by atoms with E-state index in [2.05, 4.69) is 6.58 Å². The van der Waals surface area contributed by atoms with Crippen LogP contribution in [0.2, 0.25) is 0 Å². The van der Waals surface area contributed by atoms with Gasteiger partial charge in [0.05, 0.1) is 5.97 Å². The van der Waals surface area contributed by atoms with E-state index in [0.717, 1.165) is 6.08 Å². The fraction of sp³-hybridized carbons (Fsp3) is 0. The standard InChI is InChI=1S/C3H4O2.Mg/c1-2-3(4)5;/h2H,1H2,(H,4,5);/q;+1/p-1. The molecule has 0 spiro atoms. The molecular weight excluding hydrogens is 92.3 g/mol. The van der Waals surface area contributed by atoms with Crippen LogP contribution in [0.3, 0.4) is 0 Å². The quantitative estimate of drug-likeness (QED) is 0.295. The van der Waals surface area contributed by atoms with Gasteiger partial charge >= 0.3 is 23.1 Å². The largest absolute Gasteiger partial charge is 1.00 e. The zero-order valence-corrected chi connectivity index (χ0v) is 4.72. The molecule has 0 atom stereocenters. The van der Waals surface area contributed by atoms with Gasteiger partial charge in [-0.25, -0.2) is 0 Å². The minimum absolute atomic E-state index is 0. The fourth-order valence-electron chi connectivity index (χ4n) is 0. The van der Waals surface area contributed by atoms with Gasteiger partial charge in [0.2, 0.25) is 0 Å². The van der Waals surface area contributed by atoms with Gasteiger partial charge in [0.1, 0.15) is 0 Å². The summed E-state index contributed by atoms with van der Waals surface area (Å²) in [6.45, 7) is 2.90. The molecule has 0 aliphatic heterocycles. The number of aliphatic carboxylic acids is 1. The van der Waals surface area contributed by atoms with Crippen molar-refractivity contribution in [3.63, 3.8) is 0 Å². The minimum Gasteiger partial charge on any atom is -0.545 e. The number of carbonyl (C=O) groups excluding carboxylic acids is 1. The molecule has 0 aliphatic carbocycles. The van der Waals surface area contributed by atoms with Gasteiger partial charge < -0.3 is 9.90 Å². The van der Waals surface area contributed by atoms with Crippen LogP contribution >= 0.6 is 0 Å². The van der Waals surface area contributed by atoms with Gasteiger partial charge in [-0.1, -0.05) is 6.58 Å². The molecule has 0 fully saturated rings. The Morgan fingerprint density at radius 2 is 2.00 bits per heavy atom. The Balaban J connectivity index is 0. The number of hydrogen-bond donors (Lipinski definition) is 0. The summed E-state index contributed by atoms with van der Waals surface area (Å²) in [6.07, 6.45) is 0.722. The molecule has 0 bridgehead atoms. The maximum atomic E-state index is 9.14. The summed E-state index contributed by atoms with van der Waals surface area (Å²) in [6, 6.07) is 0. The summed E-state index contributed by atoms with van der Waals surface area (Å²) in [5.74, 6) is -1.23. The van der Waals surface area contributed by atoms with Gasteiger partial charge in [-0.3, -0.25) is 0 Å². The topological polar surface area (TPSA) is 40.1 Å². The number of carbonyl (C=O) groups is 1. The molecule has 3 heteroatoms. The normalized spacial score (nSPS) is 5.33. The molecule has 1 radical (unpaired) electrons. The van der Waals surface area contributed by atoms with E-state index in [1.807, 2.05) is 0 Å². The van der Waals surface area contributed by atoms with Crippen LogP contribution in [0, 0.1) is 0 Å². The van der Waals surface area contributed by atoms with Crippen molar-refractivity contribution < 1.29 is 9.90 Å². The molecule has 0 aromatic rings. The molecule has 0 unspecified atom stereocenters. The molecule has 0 aliphatic rings. The van der Waals surface area contributed by atoms with Gasteiger partial charge in [-0.2, -0.15) is 0 Å². The zero-order chi connectivity index (χ0) is 4.28. The molecule has 0 aromatic heterocycles. The molecule has 0 heterocycles. The summed E-state index contributed by atoms with van der Waals surface area (Å²) in [7, 11) is 0. The molecule has 6 heavy (non-hydrogen) atoms. The van der Waals surface area contributed by atoms with Crippen LogP contribution in [0.25, 0.3) is 0 Å².